The van der Waals surface area contributed by atoms with Gasteiger partial charge in [0.1, 0.15) is 6.29 Å². The molecule has 1 fully saturated rings. The van der Waals surface area contributed by atoms with Gasteiger partial charge in [0, 0.05) is 16.8 Å². The zero-order valence-corrected chi connectivity index (χ0v) is 11.4. The second kappa shape index (κ2) is 5.02. The molecule has 94 valence electrons. The molecule has 1 aromatic rings. The highest BCUT2D eigenvalue weighted by molar-refractivity contribution is 9.10. The van der Waals surface area contributed by atoms with E-state index in [1.165, 1.54) is 0 Å². The first-order chi connectivity index (χ1) is 8.54. The van der Waals surface area contributed by atoms with Gasteiger partial charge in [-0.15, -0.1) is 0 Å². The Bertz CT molecular complexity index is 497. The van der Waals surface area contributed by atoms with Crippen molar-refractivity contribution >= 4 is 39.7 Å². The fourth-order valence-electron chi connectivity index (χ4n) is 2.02. The lowest BCUT2D eigenvalue weighted by Crippen LogP contribution is -2.32. The third kappa shape index (κ3) is 2.22. The van der Waals surface area contributed by atoms with Gasteiger partial charge in [-0.05, 0) is 24.3 Å². The highest BCUT2D eigenvalue weighted by atomic mass is 79.9. The number of halogens is 1. The zero-order chi connectivity index (χ0) is 13.3. The molecule has 0 aromatic heterocycles. The van der Waals surface area contributed by atoms with Crippen LogP contribution in [0.3, 0.4) is 0 Å². The number of carbonyl (C=O) groups is 3. The van der Waals surface area contributed by atoms with E-state index in [0.29, 0.717) is 5.69 Å². The summed E-state index contributed by atoms with van der Waals surface area (Å²) >= 11 is 3.30. The maximum absolute atomic E-state index is 12.1. The van der Waals surface area contributed by atoms with Gasteiger partial charge in [-0.1, -0.05) is 22.9 Å². The Hall–Kier alpha value is -1.49. The van der Waals surface area contributed by atoms with Gasteiger partial charge in [-0.3, -0.25) is 14.5 Å². The van der Waals surface area contributed by atoms with E-state index in [2.05, 4.69) is 15.9 Å². The van der Waals surface area contributed by atoms with E-state index in [4.69, 9.17) is 0 Å². The molecule has 0 aliphatic carbocycles. The fraction of sp³-hybridized carbons (Fsp3) is 0.308. The van der Waals surface area contributed by atoms with Gasteiger partial charge >= 0.3 is 0 Å². The van der Waals surface area contributed by atoms with Crippen molar-refractivity contribution in [3.05, 3.63) is 28.7 Å². The van der Waals surface area contributed by atoms with Crippen molar-refractivity contribution in [1.82, 2.24) is 0 Å². The van der Waals surface area contributed by atoms with Crippen LogP contribution in [0.5, 0.6) is 0 Å². The first-order valence-corrected chi connectivity index (χ1v) is 6.41. The third-order valence-corrected chi connectivity index (χ3v) is 3.64. The number of imide groups is 1. The Labute approximate surface area is 113 Å². The molecule has 0 bridgehead atoms. The van der Waals surface area contributed by atoms with E-state index < -0.39 is 11.8 Å². The Morgan fingerprint density at radius 2 is 1.94 bits per heavy atom. The van der Waals surface area contributed by atoms with E-state index in [9.17, 15) is 14.4 Å². The lowest BCUT2D eigenvalue weighted by molar-refractivity contribution is -0.125. The minimum atomic E-state index is -0.529. The second-order valence-electron chi connectivity index (χ2n) is 4.35. The average Bonchev–Trinajstić information content (AvgIpc) is 2.65. The lowest BCUT2D eigenvalue weighted by Gasteiger charge is -2.16. The molecule has 1 aromatic carbocycles. The predicted octanol–water partition coefficient (Wildman–Crippen LogP) is 2.16. The van der Waals surface area contributed by atoms with Crippen molar-refractivity contribution in [3.63, 3.8) is 0 Å². The normalized spacial score (nSPS) is 21.2. The summed E-state index contributed by atoms with van der Waals surface area (Å²) in [5, 5.41) is 0. The molecule has 18 heavy (non-hydrogen) atoms. The molecular formula is C13H12BrNO3. The molecule has 0 saturated carbocycles. The molecule has 2 atom stereocenters. The average molecular weight is 310 g/mol. The van der Waals surface area contributed by atoms with Gasteiger partial charge in [0.2, 0.25) is 11.8 Å². The van der Waals surface area contributed by atoms with Crippen LogP contribution in [-0.4, -0.2) is 18.1 Å². The highest BCUT2D eigenvalue weighted by Crippen LogP contribution is 2.30. The first-order valence-electron chi connectivity index (χ1n) is 5.62. The molecule has 0 radical (unpaired) electrons. The van der Waals surface area contributed by atoms with Gasteiger partial charge in [0.05, 0.1) is 11.6 Å². The number of hydrogen-bond acceptors (Lipinski definition) is 3. The smallest absolute Gasteiger partial charge is 0.238 e. The number of rotatable bonds is 3. The monoisotopic (exact) mass is 309 g/mol. The van der Waals surface area contributed by atoms with E-state index >= 15 is 0 Å². The Morgan fingerprint density at radius 1 is 1.33 bits per heavy atom. The molecule has 2 amide bonds. The summed E-state index contributed by atoms with van der Waals surface area (Å²) in [7, 11) is 0. The number of carbonyl (C=O) groups excluding carboxylic acids is 3. The van der Waals surface area contributed by atoms with E-state index in [0.717, 1.165) is 15.7 Å². The number of benzene rings is 1. The molecule has 0 N–H and O–H groups in total. The van der Waals surface area contributed by atoms with Crippen molar-refractivity contribution < 1.29 is 14.4 Å². The molecule has 5 heteroatoms. The maximum atomic E-state index is 12.1. The van der Waals surface area contributed by atoms with Crippen molar-refractivity contribution in [2.24, 2.45) is 11.8 Å². The van der Waals surface area contributed by atoms with Crippen LogP contribution in [0.4, 0.5) is 5.69 Å². The van der Waals surface area contributed by atoms with Gasteiger partial charge in [0.15, 0.2) is 0 Å². The van der Waals surface area contributed by atoms with Crippen molar-refractivity contribution in [2.45, 2.75) is 13.3 Å². The van der Waals surface area contributed by atoms with Crippen LogP contribution in [0.1, 0.15) is 13.3 Å². The second-order valence-corrected chi connectivity index (χ2v) is 5.27. The Balaban J connectivity index is 2.29. The van der Waals surface area contributed by atoms with Gasteiger partial charge in [0.25, 0.3) is 0 Å². The van der Waals surface area contributed by atoms with Crippen LogP contribution >= 0.6 is 15.9 Å². The lowest BCUT2D eigenvalue weighted by atomic mass is 9.94. The standard InChI is InChI=1S/C13H12BrNO3/c1-8(7-16)11-6-12(17)15(13(11)18)10-4-2-9(14)3-5-10/h2-5,7-8,11H,6H2,1H3. The number of amides is 2. The molecule has 1 heterocycles. The van der Waals surface area contributed by atoms with Crippen LogP contribution in [-0.2, 0) is 14.4 Å². The largest absolute Gasteiger partial charge is 0.303 e. The van der Waals surface area contributed by atoms with Crippen LogP contribution < -0.4 is 4.90 Å². The van der Waals surface area contributed by atoms with Crippen molar-refractivity contribution in [2.75, 3.05) is 4.90 Å². The summed E-state index contributed by atoms with van der Waals surface area (Å²) in [5.74, 6) is -1.50. The maximum Gasteiger partial charge on any atom is 0.238 e. The summed E-state index contributed by atoms with van der Waals surface area (Å²) in [6.45, 7) is 1.66. The van der Waals surface area contributed by atoms with Crippen LogP contribution in [0.2, 0.25) is 0 Å². The molecule has 2 rings (SSSR count). The molecule has 1 saturated heterocycles. The van der Waals surface area contributed by atoms with Gasteiger partial charge < -0.3 is 4.79 Å². The van der Waals surface area contributed by atoms with E-state index in [1.807, 2.05) is 0 Å². The number of hydrogen-bond donors (Lipinski definition) is 0. The van der Waals surface area contributed by atoms with Crippen LogP contribution in [0, 0.1) is 11.8 Å². The summed E-state index contributed by atoms with van der Waals surface area (Å²) in [4.78, 5) is 35.9. The van der Waals surface area contributed by atoms with Crippen LogP contribution in [0.15, 0.2) is 28.7 Å². The third-order valence-electron chi connectivity index (χ3n) is 3.12. The SMILES string of the molecule is CC(C=O)C1CC(=O)N(c2ccc(Br)cc2)C1=O. The zero-order valence-electron chi connectivity index (χ0n) is 9.80. The number of nitrogens with zero attached hydrogens (tertiary/aromatic N) is 1. The van der Waals surface area contributed by atoms with Crippen LogP contribution in [0.25, 0.3) is 0 Å². The van der Waals surface area contributed by atoms with E-state index in [1.54, 1.807) is 31.2 Å². The number of anilines is 1. The topological polar surface area (TPSA) is 54.5 Å². The minimum Gasteiger partial charge on any atom is -0.303 e. The minimum absolute atomic E-state index is 0.106. The van der Waals surface area contributed by atoms with Gasteiger partial charge in [-0.25, -0.2) is 0 Å². The molecule has 1 aliphatic rings. The Morgan fingerprint density at radius 3 is 2.50 bits per heavy atom. The molecular weight excluding hydrogens is 298 g/mol. The first kappa shape index (κ1) is 13.0. The molecule has 1 aliphatic heterocycles. The quantitative estimate of drug-likeness (QED) is 0.635. The van der Waals surface area contributed by atoms with Crippen molar-refractivity contribution in [3.8, 4) is 0 Å². The van der Waals surface area contributed by atoms with Gasteiger partial charge in [-0.2, -0.15) is 0 Å². The highest BCUT2D eigenvalue weighted by Gasteiger charge is 2.42. The van der Waals surface area contributed by atoms with E-state index in [-0.39, 0.29) is 18.2 Å². The summed E-state index contributed by atoms with van der Waals surface area (Å²) in [6, 6.07) is 6.94. The molecule has 0 spiro atoms. The predicted molar refractivity (Wildman–Crippen MR) is 70.0 cm³/mol. The summed E-state index contributed by atoms with van der Waals surface area (Å²) < 4.78 is 0.878. The fourth-order valence-corrected chi connectivity index (χ4v) is 2.29. The summed E-state index contributed by atoms with van der Waals surface area (Å²) in [5.41, 5.74) is 0.550. The molecule has 4 nitrogen and oxygen atoms in total. The summed E-state index contributed by atoms with van der Waals surface area (Å²) in [6.07, 6.45) is 0.829. The number of aldehydes is 1. The van der Waals surface area contributed by atoms with Crippen molar-refractivity contribution in [1.29, 1.82) is 0 Å². The molecule has 2 unspecified atom stereocenters. The Kier molecular flexibility index (Phi) is 3.61.